The maximum atomic E-state index is 13.5. The standard InChI is InChI=1S/C28H39N3O3/c1-6-34-23-16-18(11-14-29-23)30-26(33)22-8-7-20-19-15-17(2)25-28(4,13-10-24(32)31(25)5)21(19)9-12-27(20,22)3/h11,14,16,19-22H,6-10,12-13,15H2,1-5H3,(H,29,30,33)/t19-,20-,21+,22?,27-,28+/m0/s1. The molecule has 2 heterocycles. The van der Waals surface area contributed by atoms with Gasteiger partial charge in [-0.1, -0.05) is 19.4 Å². The van der Waals surface area contributed by atoms with Gasteiger partial charge in [-0.2, -0.15) is 0 Å². The van der Waals surface area contributed by atoms with Crippen molar-refractivity contribution in [2.24, 2.45) is 34.5 Å². The molecule has 0 spiro atoms. The summed E-state index contributed by atoms with van der Waals surface area (Å²) in [5.74, 6) is 2.70. The summed E-state index contributed by atoms with van der Waals surface area (Å²) >= 11 is 0. The molecule has 2 amide bonds. The molecule has 6 atom stereocenters. The van der Waals surface area contributed by atoms with Crippen LogP contribution in [0.25, 0.3) is 0 Å². The highest BCUT2D eigenvalue weighted by atomic mass is 16.5. The maximum Gasteiger partial charge on any atom is 0.228 e. The monoisotopic (exact) mass is 465 g/mol. The second kappa shape index (κ2) is 8.39. The van der Waals surface area contributed by atoms with Gasteiger partial charge in [0.1, 0.15) is 0 Å². The van der Waals surface area contributed by atoms with Crippen molar-refractivity contribution in [2.45, 2.75) is 72.6 Å². The van der Waals surface area contributed by atoms with Crippen LogP contribution in [-0.4, -0.2) is 35.4 Å². The third kappa shape index (κ3) is 3.47. The van der Waals surface area contributed by atoms with Crippen LogP contribution in [0.5, 0.6) is 5.88 Å². The van der Waals surface area contributed by atoms with E-state index in [1.807, 2.05) is 31.0 Å². The van der Waals surface area contributed by atoms with Crippen LogP contribution in [0.4, 0.5) is 5.69 Å². The molecule has 3 fully saturated rings. The number of likely N-dealkylation sites (tertiary alicyclic amines) is 1. The number of hydrogen-bond acceptors (Lipinski definition) is 4. The lowest BCUT2D eigenvalue weighted by atomic mass is 9.48. The molecule has 6 heteroatoms. The summed E-state index contributed by atoms with van der Waals surface area (Å²) in [5, 5.41) is 3.17. The molecule has 0 aromatic carbocycles. The van der Waals surface area contributed by atoms with Crippen molar-refractivity contribution in [3.63, 3.8) is 0 Å². The predicted molar refractivity (Wildman–Crippen MR) is 132 cm³/mol. The SMILES string of the molecule is CCOc1cc(NC(=O)C2CC[C@H]3[C@@H]4CC(C)=C5N(C)C(=O)CC[C@]5(C)[C@@H]4CC[C@]23C)ccn1. The summed E-state index contributed by atoms with van der Waals surface area (Å²) in [6, 6.07) is 3.65. The normalized spacial score (nSPS) is 37.1. The number of nitrogens with one attached hydrogen (secondary N) is 1. The minimum Gasteiger partial charge on any atom is -0.478 e. The molecule has 184 valence electrons. The molecule has 1 aromatic rings. The molecular weight excluding hydrogens is 426 g/mol. The molecule has 6 nitrogen and oxygen atoms in total. The number of hydrogen-bond donors (Lipinski definition) is 1. The molecule has 0 radical (unpaired) electrons. The van der Waals surface area contributed by atoms with Crippen LogP contribution in [0.15, 0.2) is 29.6 Å². The smallest absolute Gasteiger partial charge is 0.228 e. The van der Waals surface area contributed by atoms with Gasteiger partial charge in [0, 0.05) is 48.4 Å². The average Bonchev–Trinajstić information content (AvgIpc) is 3.15. The Morgan fingerprint density at radius 1 is 1.24 bits per heavy atom. The first-order chi connectivity index (χ1) is 16.2. The first-order valence-electron chi connectivity index (χ1n) is 13.1. The highest BCUT2D eigenvalue weighted by Crippen LogP contribution is 2.66. The molecule has 2 saturated carbocycles. The number of nitrogens with zero attached hydrogens (tertiary/aromatic N) is 2. The fourth-order valence-electron chi connectivity index (χ4n) is 8.48. The van der Waals surface area contributed by atoms with Crippen LogP contribution in [0, 0.1) is 34.5 Å². The van der Waals surface area contributed by atoms with Crippen molar-refractivity contribution in [3.05, 3.63) is 29.6 Å². The molecule has 3 aliphatic carbocycles. The van der Waals surface area contributed by atoms with E-state index in [1.54, 1.807) is 6.20 Å². The molecule has 5 rings (SSSR count). The van der Waals surface area contributed by atoms with E-state index in [1.165, 1.54) is 11.3 Å². The second-order valence-electron chi connectivity index (χ2n) is 11.6. The highest BCUT2D eigenvalue weighted by Gasteiger charge is 2.61. The molecule has 1 N–H and O–H groups in total. The van der Waals surface area contributed by atoms with Crippen LogP contribution in [-0.2, 0) is 9.59 Å². The fourth-order valence-corrected chi connectivity index (χ4v) is 8.48. The summed E-state index contributed by atoms with van der Waals surface area (Å²) in [4.78, 5) is 32.2. The summed E-state index contributed by atoms with van der Waals surface area (Å²) in [6.45, 7) is 9.50. The summed E-state index contributed by atoms with van der Waals surface area (Å²) < 4.78 is 5.50. The number of allylic oxidation sites excluding steroid dienone is 2. The summed E-state index contributed by atoms with van der Waals surface area (Å²) in [6.07, 6.45) is 8.64. The molecule has 34 heavy (non-hydrogen) atoms. The van der Waals surface area contributed by atoms with E-state index >= 15 is 0 Å². The molecule has 1 aromatic heterocycles. The number of carbonyl (C=O) groups excluding carboxylic acids is 2. The topological polar surface area (TPSA) is 71.5 Å². The Morgan fingerprint density at radius 2 is 2.03 bits per heavy atom. The first-order valence-corrected chi connectivity index (χ1v) is 13.1. The van der Waals surface area contributed by atoms with E-state index in [0.717, 1.165) is 44.2 Å². The van der Waals surface area contributed by atoms with Gasteiger partial charge in [-0.3, -0.25) is 9.59 Å². The zero-order chi connectivity index (χ0) is 24.3. The van der Waals surface area contributed by atoms with Crippen LogP contribution < -0.4 is 10.1 Å². The molecule has 4 aliphatic rings. The quantitative estimate of drug-likeness (QED) is 0.645. The molecule has 0 bridgehead atoms. The average molecular weight is 466 g/mol. The van der Waals surface area contributed by atoms with E-state index in [4.69, 9.17) is 4.74 Å². The molecule has 1 aliphatic heterocycles. The van der Waals surface area contributed by atoms with E-state index < -0.39 is 0 Å². The fraction of sp³-hybridized carbons (Fsp3) is 0.679. The van der Waals surface area contributed by atoms with Crippen molar-refractivity contribution in [3.8, 4) is 5.88 Å². The second-order valence-corrected chi connectivity index (χ2v) is 11.6. The Hall–Kier alpha value is -2.37. The summed E-state index contributed by atoms with van der Waals surface area (Å²) in [5.41, 5.74) is 3.53. The number of piperidine rings is 1. The van der Waals surface area contributed by atoms with Gasteiger partial charge in [-0.05, 0) is 81.6 Å². The lowest BCUT2D eigenvalue weighted by Crippen LogP contribution is -2.54. The van der Waals surface area contributed by atoms with Gasteiger partial charge in [0.2, 0.25) is 17.7 Å². The van der Waals surface area contributed by atoms with Crippen molar-refractivity contribution in [2.75, 3.05) is 19.0 Å². The van der Waals surface area contributed by atoms with Crippen LogP contribution in [0.3, 0.4) is 0 Å². The Balaban J connectivity index is 1.38. The number of pyridine rings is 1. The Labute approximate surface area is 203 Å². The van der Waals surface area contributed by atoms with E-state index in [9.17, 15) is 9.59 Å². The maximum absolute atomic E-state index is 13.5. The minimum absolute atomic E-state index is 0.0194. The van der Waals surface area contributed by atoms with Gasteiger partial charge in [0.25, 0.3) is 0 Å². The number of aromatic nitrogens is 1. The lowest BCUT2D eigenvalue weighted by molar-refractivity contribution is -0.137. The molecule has 1 saturated heterocycles. The third-order valence-corrected chi connectivity index (χ3v) is 9.92. The zero-order valence-corrected chi connectivity index (χ0v) is 21.3. The van der Waals surface area contributed by atoms with E-state index in [0.29, 0.717) is 36.7 Å². The lowest BCUT2D eigenvalue weighted by Gasteiger charge is -2.59. The first kappa shape index (κ1) is 23.4. The highest BCUT2D eigenvalue weighted by molar-refractivity contribution is 5.93. The van der Waals surface area contributed by atoms with Gasteiger partial charge >= 0.3 is 0 Å². The van der Waals surface area contributed by atoms with Crippen LogP contribution in [0.1, 0.15) is 72.6 Å². The van der Waals surface area contributed by atoms with E-state index in [-0.39, 0.29) is 28.6 Å². The van der Waals surface area contributed by atoms with Gasteiger partial charge in [-0.15, -0.1) is 0 Å². The van der Waals surface area contributed by atoms with Crippen molar-refractivity contribution in [1.29, 1.82) is 0 Å². The van der Waals surface area contributed by atoms with Crippen molar-refractivity contribution >= 4 is 17.5 Å². The van der Waals surface area contributed by atoms with Gasteiger partial charge in [0.15, 0.2) is 0 Å². The summed E-state index contributed by atoms with van der Waals surface area (Å²) in [7, 11) is 1.97. The van der Waals surface area contributed by atoms with Gasteiger partial charge < -0.3 is 15.0 Å². The number of anilines is 1. The molecular formula is C28H39N3O3. The van der Waals surface area contributed by atoms with Crippen LogP contribution >= 0.6 is 0 Å². The third-order valence-electron chi connectivity index (χ3n) is 9.92. The predicted octanol–water partition coefficient (Wildman–Crippen LogP) is 5.41. The van der Waals surface area contributed by atoms with Crippen LogP contribution in [0.2, 0.25) is 0 Å². The van der Waals surface area contributed by atoms with Crippen molar-refractivity contribution < 1.29 is 14.3 Å². The number of fused-ring (bicyclic) bond motifs is 5. The molecule has 1 unspecified atom stereocenters. The van der Waals surface area contributed by atoms with Gasteiger partial charge in [-0.25, -0.2) is 4.98 Å². The Morgan fingerprint density at radius 3 is 2.79 bits per heavy atom. The van der Waals surface area contributed by atoms with Gasteiger partial charge in [0.05, 0.1) is 6.61 Å². The number of ether oxygens (including phenoxy) is 1. The minimum atomic E-state index is 0.0194. The Bertz CT molecular complexity index is 1040. The van der Waals surface area contributed by atoms with E-state index in [2.05, 4.69) is 31.1 Å². The largest absolute Gasteiger partial charge is 0.478 e. The zero-order valence-electron chi connectivity index (χ0n) is 21.3. The Kier molecular flexibility index (Phi) is 5.77. The van der Waals surface area contributed by atoms with Crippen molar-refractivity contribution in [1.82, 2.24) is 9.88 Å². The number of amides is 2. The number of carbonyl (C=O) groups is 2. The number of rotatable bonds is 4.